The molecule has 0 aromatic rings. The van der Waals surface area contributed by atoms with Crippen molar-refractivity contribution in [2.45, 2.75) is 263 Å². The summed E-state index contributed by atoms with van der Waals surface area (Å²) in [6.07, 6.45) is 24.1. The molecule has 5 saturated carbocycles. The number of hydrogen-bond acceptors (Lipinski definition) is 5. The van der Waals surface area contributed by atoms with Crippen LogP contribution in [0.25, 0.3) is 0 Å². The largest absolute Gasteiger partial charge is 0.393 e. The van der Waals surface area contributed by atoms with Crippen LogP contribution >= 0.6 is 0 Å². The summed E-state index contributed by atoms with van der Waals surface area (Å²) in [5, 5.41) is 47.6. The lowest BCUT2D eigenvalue weighted by Gasteiger charge is -2.31. The lowest BCUT2D eigenvalue weighted by molar-refractivity contribution is 0.0525. The van der Waals surface area contributed by atoms with Gasteiger partial charge in [0.15, 0.2) is 0 Å². The highest BCUT2D eigenvalue weighted by Crippen LogP contribution is 2.36. The molecule has 0 saturated heterocycles. The molecule has 15 atom stereocenters. The van der Waals surface area contributed by atoms with E-state index in [1.165, 1.54) is 96.3 Å². The second-order valence-corrected chi connectivity index (χ2v) is 24.3. The molecule has 0 aliphatic heterocycles. The van der Waals surface area contributed by atoms with Gasteiger partial charge in [0.2, 0.25) is 0 Å². The van der Waals surface area contributed by atoms with Crippen LogP contribution < -0.4 is 0 Å². The van der Waals surface area contributed by atoms with Crippen molar-refractivity contribution in [2.75, 3.05) is 0 Å². The Morgan fingerprint density at radius 2 is 0.400 bits per heavy atom. The van der Waals surface area contributed by atoms with Gasteiger partial charge in [0, 0.05) is 0 Å². The SMILES string of the molecule is CC(C)C[C@@H]1CC[C@@H](O)[C@@H](C)C1.CC(C)C[C@@H]1CC[C@H](O)[C@@H](C)C1.CC(C)C[C@@H]1CC[C@H](O)[C@H](C)C1.CC(C)C[C@H]1CC[C@@H](O)[C@@H](C)C1.CC(C)C[C@H]1CC[C@@H](O)[C@H](C)C1. The van der Waals surface area contributed by atoms with Crippen LogP contribution in [0.4, 0.5) is 0 Å². The first-order valence-electron chi connectivity index (χ1n) is 26.4. The van der Waals surface area contributed by atoms with Crippen molar-refractivity contribution in [2.24, 2.45) is 88.8 Å². The third-order valence-electron chi connectivity index (χ3n) is 15.2. The maximum Gasteiger partial charge on any atom is 0.0566 e. The Labute approximate surface area is 375 Å². The van der Waals surface area contributed by atoms with Crippen LogP contribution in [-0.2, 0) is 0 Å². The summed E-state index contributed by atoms with van der Waals surface area (Å²) in [5.74, 6) is 11.1. The quantitative estimate of drug-likeness (QED) is 0.151. The van der Waals surface area contributed by atoms with Crippen LogP contribution in [0, 0.1) is 88.8 Å². The molecule has 0 radical (unpaired) electrons. The summed E-state index contributed by atoms with van der Waals surface area (Å²) in [4.78, 5) is 0. The first kappa shape index (κ1) is 57.8. The fourth-order valence-electron chi connectivity index (χ4n) is 11.9. The van der Waals surface area contributed by atoms with Gasteiger partial charge in [0.1, 0.15) is 0 Å². The minimum absolute atomic E-state index is 0.0200. The average Bonchev–Trinajstić information content (AvgIpc) is 3.13. The van der Waals surface area contributed by atoms with Gasteiger partial charge in [-0.05, 0) is 217 Å². The molecule has 360 valence electrons. The molecule has 0 bridgehead atoms. The van der Waals surface area contributed by atoms with Gasteiger partial charge in [0.25, 0.3) is 0 Å². The third kappa shape index (κ3) is 25.9. The van der Waals surface area contributed by atoms with Gasteiger partial charge in [-0.15, -0.1) is 0 Å². The van der Waals surface area contributed by atoms with Gasteiger partial charge >= 0.3 is 0 Å². The predicted molar refractivity (Wildman–Crippen MR) is 260 cm³/mol. The summed E-state index contributed by atoms with van der Waals surface area (Å²) in [5.41, 5.74) is 0. The van der Waals surface area contributed by atoms with Crippen LogP contribution in [0.3, 0.4) is 0 Å². The first-order valence-corrected chi connectivity index (χ1v) is 26.4. The van der Waals surface area contributed by atoms with E-state index in [1.54, 1.807) is 0 Å². The molecule has 0 amide bonds. The molecule has 0 unspecified atom stereocenters. The van der Waals surface area contributed by atoms with Crippen molar-refractivity contribution < 1.29 is 25.5 Å². The molecular formula is C55H110O5. The van der Waals surface area contributed by atoms with E-state index in [9.17, 15) is 25.5 Å². The molecule has 60 heavy (non-hydrogen) atoms. The van der Waals surface area contributed by atoms with E-state index < -0.39 is 0 Å². The van der Waals surface area contributed by atoms with E-state index in [2.05, 4.69) is 104 Å². The molecule has 0 heterocycles. The average molecular weight is 851 g/mol. The summed E-state index contributed by atoms with van der Waals surface area (Å²) in [6, 6.07) is 0. The highest BCUT2D eigenvalue weighted by Gasteiger charge is 2.29. The summed E-state index contributed by atoms with van der Waals surface area (Å²) >= 11 is 0. The monoisotopic (exact) mass is 851 g/mol. The maximum atomic E-state index is 9.53. The summed E-state index contributed by atoms with van der Waals surface area (Å²) < 4.78 is 0. The minimum atomic E-state index is -0.0200. The third-order valence-corrected chi connectivity index (χ3v) is 15.2. The Morgan fingerprint density at radius 1 is 0.267 bits per heavy atom. The van der Waals surface area contributed by atoms with E-state index >= 15 is 0 Å². The molecule has 5 fully saturated rings. The van der Waals surface area contributed by atoms with Gasteiger partial charge in [-0.25, -0.2) is 0 Å². The molecule has 5 heteroatoms. The topological polar surface area (TPSA) is 101 Å². The molecule has 5 aliphatic carbocycles. The van der Waals surface area contributed by atoms with E-state index in [1.807, 2.05) is 0 Å². The highest BCUT2D eigenvalue weighted by molar-refractivity contribution is 4.81. The van der Waals surface area contributed by atoms with Gasteiger partial charge in [-0.3, -0.25) is 0 Å². The smallest absolute Gasteiger partial charge is 0.0566 e. The lowest BCUT2D eigenvalue weighted by Crippen LogP contribution is -2.27. The van der Waals surface area contributed by atoms with E-state index in [0.29, 0.717) is 29.6 Å². The van der Waals surface area contributed by atoms with E-state index in [-0.39, 0.29) is 30.5 Å². The van der Waals surface area contributed by atoms with Gasteiger partial charge < -0.3 is 25.5 Å². The summed E-state index contributed by atoms with van der Waals surface area (Å²) in [6.45, 7) is 33.8. The minimum Gasteiger partial charge on any atom is -0.393 e. The fourth-order valence-corrected chi connectivity index (χ4v) is 11.9. The van der Waals surface area contributed by atoms with Crippen molar-refractivity contribution in [1.82, 2.24) is 0 Å². The first-order chi connectivity index (χ1) is 28.0. The Morgan fingerprint density at radius 3 is 0.500 bits per heavy atom. The molecule has 0 spiro atoms. The van der Waals surface area contributed by atoms with Crippen LogP contribution in [0.2, 0.25) is 0 Å². The van der Waals surface area contributed by atoms with Crippen LogP contribution in [-0.4, -0.2) is 56.1 Å². The molecular weight excluding hydrogens is 741 g/mol. The van der Waals surface area contributed by atoms with Crippen LogP contribution in [0.15, 0.2) is 0 Å². The Kier molecular flexibility index (Phi) is 29.7. The fraction of sp³-hybridized carbons (Fsp3) is 1.00. The Balaban J connectivity index is 0.000000375. The van der Waals surface area contributed by atoms with Gasteiger partial charge in [-0.1, -0.05) is 104 Å². The van der Waals surface area contributed by atoms with Crippen LogP contribution in [0.5, 0.6) is 0 Å². The maximum absolute atomic E-state index is 9.53. The summed E-state index contributed by atoms with van der Waals surface area (Å²) in [7, 11) is 0. The van der Waals surface area contributed by atoms with Crippen molar-refractivity contribution in [3.05, 3.63) is 0 Å². The van der Waals surface area contributed by atoms with Gasteiger partial charge in [-0.2, -0.15) is 0 Å². The number of aliphatic hydroxyl groups excluding tert-OH is 5. The normalized spacial score (nSPS) is 37.2. The Bertz CT molecular complexity index is 841. The van der Waals surface area contributed by atoms with E-state index in [0.717, 1.165) is 91.3 Å². The molecule has 5 nitrogen and oxygen atoms in total. The molecule has 5 aliphatic rings. The Hall–Kier alpha value is -0.200. The molecule has 0 aromatic carbocycles. The predicted octanol–water partition coefficient (Wildman–Crippen LogP) is 14.1. The lowest BCUT2D eigenvalue weighted by atomic mass is 9.77. The van der Waals surface area contributed by atoms with Crippen molar-refractivity contribution >= 4 is 0 Å². The standard InChI is InChI=1S/5C11H22O/c5*1-8(2)6-10-4-5-11(12)9(3)7-10/h5*8-12H,4-7H2,1-3H3/t2*9-,10+,11+;9-,10-,11+;2*9-,10-,11-/m10010/s1. The zero-order valence-electron chi connectivity index (χ0n) is 42.9. The zero-order valence-corrected chi connectivity index (χ0v) is 42.9. The number of hydrogen-bond donors (Lipinski definition) is 5. The number of rotatable bonds is 10. The molecule has 0 aromatic heterocycles. The number of aliphatic hydroxyl groups is 5. The van der Waals surface area contributed by atoms with Crippen LogP contribution in [0.1, 0.15) is 232 Å². The second-order valence-electron chi connectivity index (χ2n) is 24.3. The second kappa shape index (κ2) is 30.8. The van der Waals surface area contributed by atoms with Crippen molar-refractivity contribution in [3.8, 4) is 0 Å². The van der Waals surface area contributed by atoms with Gasteiger partial charge in [0.05, 0.1) is 30.5 Å². The highest BCUT2D eigenvalue weighted by atomic mass is 16.3. The zero-order chi connectivity index (χ0) is 45.7. The van der Waals surface area contributed by atoms with E-state index in [4.69, 9.17) is 0 Å². The van der Waals surface area contributed by atoms with Crippen molar-refractivity contribution in [1.29, 1.82) is 0 Å². The molecule has 5 N–H and O–H groups in total. The van der Waals surface area contributed by atoms with Crippen molar-refractivity contribution in [3.63, 3.8) is 0 Å². The molecule has 5 rings (SSSR count).